The molecule has 4 heteroatoms. The molecule has 1 saturated heterocycles. The number of hydrogen-bond donors (Lipinski definition) is 0. The number of fused-ring (bicyclic) bond motifs is 3. The van der Waals surface area contributed by atoms with Crippen molar-refractivity contribution in [2.75, 3.05) is 32.1 Å². The molecule has 0 aromatic heterocycles. The van der Waals surface area contributed by atoms with Crippen molar-refractivity contribution in [1.82, 2.24) is 0 Å². The van der Waals surface area contributed by atoms with Crippen LogP contribution in [0, 0.1) is 12.7 Å². The third-order valence-corrected chi connectivity index (χ3v) is 5.67. The Morgan fingerprint density at radius 1 is 1.16 bits per heavy atom. The standard InChI is InChI=1S/C21H24FN2O/c1-14-4-9-19-17(12-14)18-13-24(2,3)11-10-20(18)23(19)21(25)15-5-7-16(22)8-6-15/h4-9,12,18,20H,10-11,13H2,1-3H3/q+1/t18-,20-/m0/s1. The summed E-state index contributed by atoms with van der Waals surface area (Å²) in [5, 5.41) is 0. The summed E-state index contributed by atoms with van der Waals surface area (Å²) >= 11 is 0. The Balaban J connectivity index is 1.77. The van der Waals surface area contributed by atoms with Crippen LogP contribution in [0.2, 0.25) is 0 Å². The van der Waals surface area contributed by atoms with Gasteiger partial charge in [0.05, 0.1) is 39.1 Å². The van der Waals surface area contributed by atoms with Crippen LogP contribution >= 0.6 is 0 Å². The average Bonchev–Trinajstić information content (AvgIpc) is 2.87. The SMILES string of the molecule is Cc1ccc2c(c1)[C@@H]1C[N+](C)(C)CC[C@@H]1N2C(=O)c1ccc(F)cc1. The number of likely N-dealkylation sites (tertiary alicyclic amines) is 1. The minimum atomic E-state index is -0.316. The highest BCUT2D eigenvalue weighted by Gasteiger charge is 2.47. The Hall–Kier alpha value is -2.20. The topological polar surface area (TPSA) is 20.3 Å². The lowest BCUT2D eigenvalue weighted by molar-refractivity contribution is -0.896. The fourth-order valence-corrected chi connectivity index (χ4v) is 4.40. The van der Waals surface area contributed by atoms with Crippen LogP contribution in [-0.2, 0) is 0 Å². The second kappa shape index (κ2) is 5.67. The van der Waals surface area contributed by atoms with Gasteiger partial charge in [-0.25, -0.2) is 4.39 Å². The molecule has 2 atom stereocenters. The molecule has 1 fully saturated rings. The maximum atomic E-state index is 13.2. The van der Waals surface area contributed by atoms with E-state index < -0.39 is 0 Å². The molecular weight excluding hydrogens is 315 g/mol. The van der Waals surface area contributed by atoms with Gasteiger partial charge in [0.1, 0.15) is 5.82 Å². The summed E-state index contributed by atoms with van der Waals surface area (Å²) < 4.78 is 14.2. The molecule has 3 nitrogen and oxygen atoms in total. The Labute approximate surface area is 148 Å². The van der Waals surface area contributed by atoms with Crippen molar-refractivity contribution in [3.05, 3.63) is 65.0 Å². The Morgan fingerprint density at radius 3 is 2.60 bits per heavy atom. The number of piperidine rings is 1. The van der Waals surface area contributed by atoms with Crippen LogP contribution in [0.5, 0.6) is 0 Å². The first-order chi connectivity index (χ1) is 11.9. The normalized spacial score (nSPS) is 23.9. The van der Waals surface area contributed by atoms with Gasteiger partial charge in [0.2, 0.25) is 0 Å². The maximum Gasteiger partial charge on any atom is 0.258 e. The predicted octanol–water partition coefficient (Wildman–Crippen LogP) is 3.73. The van der Waals surface area contributed by atoms with Gasteiger partial charge in [-0.1, -0.05) is 17.7 Å². The molecule has 0 radical (unpaired) electrons. The van der Waals surface area contributed by atoms with E-state index in [9.17, 15) is 9.18 Å². The van der Waals surface area contributed by atoms with Gasteiger partial charge in [-0.05, 0) is 42.8 Å². The van der Waals surface area contributed by atoms with Gasteiger partial charge in [-0.3, -0.25) is 4.79 Å². The molecule has 0 N–H and O–H groups in total. The van der Waals surface area contributed by atoms with Gasteiger partial charge in [-0.2, -0.15) is 0 Å². The van der Waals surface area contributed by atoms with Crippen LogP contribution in [0.25, 0.3) is 0 Å². The fourth-order valence-electron chi connectivity index (χ4n) is 4.40. The summed E-state index contributed by atoms with van der Waals surface area (Å²) in [6.45, 7) is 4.19. The Morgan fingerprint density at radius 2 is 1.88 bits per heavy atom. The highest BCUT2D eigenvalue weighted by Crippen LogP contribution is 2.46. The van der Waals surface area contributed by atoms with E-state index >= 15 is 0 Å². The fraction of sp³-hybridized carbons (Fsp3) is 0.381. The summed E-state index contributed by atoms with van der Waals surface area (Å²) in [6, 6.07) is 12.5. The quantitative estimate of drug-likeness (QED) is 0.725. The molecule has 2 heterocycles. The molecule has 0 unspecified atom stereocenters. The lowest BCUT2D eigenvalue weighted by atomic mass is 9.87. The highest BCUT2D eigenvalue weighted by atomic mass is 19.1. The van der Waals surface area contributed by atoms with Crippen LogP contribution in [0.4, 0.5) is 10.1 Å². The van der Waals surface area contributed by atoms with Gasteiger partial charge >= 0.3 is 0 Å². The molecule has 1 amide bonds. The van der Waals surface area contributed by atoms with Gasteiger partial charge in [-0.15, -0.1) is 0 Å². The molecular formula is C21H24FN2O+. The van der Waals surface area contributed by atoms with E-state index in [0.29, 0.717) is 11.5 Å². The number of nitrogens with zero attached hydrogens (tertiary/aromatic N) is 2. The van der Waals surface area contributed by atoms with Crippen molar-refractivity contribution in [2.45, 2.75) is 25.3 Å². The molecule has 2 aliphatic heterocycles. The van der Waals surface area contributed by atoms with Crippen molar-refractivity contribution >= 4 is 11.6 Å². The number of aryl methyl sites for hydroxylation is 1. The molecule has 0 saturated carbocycles. The van der Waals surface area contributed by atoms with Crippen molar-refractivity contribution < 1.29 is 13.7 Å². The monoisotopic (exact) mass is 339 g/mol. The number of halogens is 1. The van der Waals surface area contributed by atoms with E-state index in [1.54, 1.807) is 12.1 Å². The first-order valence-electron chi connectivity index (χ1n) is 8.87. The second-order valence-electron chi connectivity index (χ2n) is 8.05. The maximum absolute atomic E-state index is 13.2. The zero-order valence-corrected chi connectivity index (χ0v) is 15.0. The van der Waals surface area contributed by atoms with Crippen LogP contribution < -0.4 is 4.90 Å². The number of amides is 1. The number of rotatable bonds is 1. The lowest BCUT2D eigenvalue weighted by Gasteiger charge is -2.41. The highest BCUT2D eigenvalue weighted by molar-refractivity contribution is 6.08. The third-order valence-electron chi connectivity index (χ3n) is 5.67. The molecule has 2 aliphatic rings. The number of anilines is 1. The zero-order chi connectivity index (χ0) is 17.8. The number of benzene rings is 2. The lowest BCUT2D eigenvalue weighted by Crippen LogP contribution is -2.54. The van der Waals surface area contributed by atoms with Crippen molar-refractivity contribution in [3.8, 4) is 0 Å². The minimum Gasteiger partial charge on any atom is -0.328 e. The number of carbonyl (C=O) groups excluding carboxylic acids is 1. The van der Waals surface area contributed by atoms with Crippen LogP contribution in [0.1, 0.15) is 33.8 Å². The number of carbonyl (C=O) groups is 1. The molecule has 2 aromatic rings. The molecule has 0 aliphatic carbocycles. The first kappa shape index (κ1) is 16.3. The van der Waals surface area contributed by atoms with E-state index in [2.05, 4.69) is 39.2 Å². The Kier molecular flexibility index (Phi) is 3.69. The van der Waals surface area contributed by atoms with Crippen LogP contribution in [0.3, 0.4) is 0 Å². The first-order valence-corrected chi connectivity index (χ1v) is 8.87. The summed E-state index contributed by atoms with van der Waals surface area (Å²) in [4.78, 5) is 15.2. The summed E-state index contributed by atoms with van der Waals surface area (Å²) in [6.07, 6.45) is 0.984. The molecule has 0 spiro atoms. The average molecular weight is 339 g/mol. The smallest absolute Gasteiger partial charge is 0.258 e. The van der Waals surface area contributed by atoms with Gasteiger partial charge in [0, 0.05) is 17.7 Å². The number of quaternary nitrogens is 1. The van der Waals surface area contributed by atoms with E-state index in [0.717, 1.165) is 29.7 Å². The van der Waals surface area contributed by atoms with E-state index in [4.69, 9.17) is 0 Å². The third kappa shape index (κ3) is 2.74. The predicted molar refractivity (Wildman–Crippen MR) is 97.4 cm³/mol. The van der Waals surface area contributed by atoms with E-state index in [1.807, 2.05) is 4.90 Å². The second-order valence-corrected chi connectivity index (χ2v) is 8.05. The molecule has 0 bridgehead atoms. The van der Waals surface area contributed by atoms with E-state index in [-0.39, 0.29) is 17.8 Å². The molecule has 130 valence electrons. The van der Waals surface area contributed by atoms with Crippen molar-refractivity contribution in [1.29, 1.82) is 0 Å². The van der Waals surface area contributed by atoms with Crippen molar-refractivity contribution in [2.24, 2.45) is 0 Å². The van der Waals surface area contributed by atoms with Crippen LogP contribution in [-0.4, -0.2) is 43.6 Å². The molecule has 2 aromatic carbocycles. The summed E-state index contributed by atoms with van der Waals surface area (Å²) in [7, 11) is 4.52. The van der Waals surface area contributed by atoms with Gasteiger partial charge in [0.15, 0.2) is 0 Å². The molecule has 4 rings (SSSR count). The summed E-state index contributed by atoms with van der Waals surface area (Å²) in [5.74, 6) is 0.0245. The van der Waals surface area contributed by atoms with Gasteiger partial charge < -0.3 is 9.38 Å². The zero-order valence-electron chi connectivity index (χ0n) is 15.0. The summed E-state index contributed by atoms with van der Waals surface area (Å²) in [5.41, 5.74) is 4.08. The van der Waals surface area contributed by atoms with Crippen LogP contribution in [0.15, 0.2) is 42.5 Å². The number of hydrogen-bond acceptors (Lipinski definition) is 1. The number of likely N-dealkylation sites (N-methyl/N-ethyl adjacent to an activating group) is 1. The molecule has 25 heavy (non-hydrogen) atoms. The van der Waals surface area contributed by atoms with Gasteiger partial charge in [0.25, 0.3) is 5.91 Å². The van der Waals surface area contributed by atoms with E-state index in [1.165, 1.54) is 23.3 Å². The Bertz CT molecular complexity index is 828. The largest absolute Gasteiger partial charge is 0.328 e. The minimum absolute atomic E-state index is 0.0233. The van der Waals surface area contributed by atoms with Crippen molar-refractivity contribution in [3.63, 3.8) is 0 Å².